The number of carbonyl (C=O) groups is 1. The molecular weight excluding hydrogens is 396 g/mol. The van der Waals surface area contributed by atoms with Crippen molar-refractivity contribution in [3.63, 3.8) is 0 Å². The van der Waals surface area contributed by atoms with E-state index in [2.05, 4.69) is 69.1 Å². The van der Waals surface area contributed by atoms with Crippen molar-refractivity contribution in [2.45, 2.75) is 26.3 Å². The third-order valence-corrected chi connectivity index (χ3v) is 5.39. The van der Waals surface area contributed by atoms with E-state index in [9.17, 15) is 4.79 Å². The second-order valence-electron chi connectivity index (χ2n) is 6.88. The fourth-order valence-corrected chi connectivity index (χ4v) is 3.83. The monoisotopic (exact) mass is 420 g/mol. The first kappa shape index (κ1) is 18.9. The average molecular weight is 421 g/mol. The van der Waals surface area contributed by atoms with Crippen molar-refractivity contribution in [2.75, 3.05) is 38.3 Å². The van der Waals surface area contributed by atoms with Gasteiger partial charge >= 0.3 is 0 Å². The Labute approximate surface area is 162 Å². The zero-order valence-electron chi connectivity index (χ0n) is 15.5. The van der Waals surface area contributed by atoms with Gasteiger partial charge in [-0.2, -0.15) is 5.10 Å². The Kier molecular flexibility index (Phi) is 5.98. The number of H-pyrrole nitrogens is 1. The highest BCUT2D eigenvalue weighted by molar-refractivity contribution is 9.10. The fraction of sp³-hybridized carbons (Fsp3) is 0.474. The predicted molar refractivity (Wildman–Crippen MR) is 106 cm³/mol. The molecule has 2 aromatic rings. The molecule has 1 aliphatic heterocycles. The maximum atomic E-state index is 12.7. The van der Waals surface area contributed by atoms with Gasteiger partial charge in [-0.05, 0) is 39.5 Å². The van der Waals surface area contributed by atoms with Crippen molar-refractivity contribution in [2.24, 2.45) is 0 Å². The summed E-state index contributed by atoms with van der Waals surface area (Å²) in [6, 6.07) is 8.38. The molecule has 0 spiro atoms. The molecule has 0 atom stereocenters. The van der Waals surface area contributed by atoms with Crippen molar-refractivity contribution in [1.82, 2.24) is 15.1 Å². The number of nitrogens with one attached hydrogen (secondary N) is 1. The van der Waals surface area contributed by atoms with Crippen molar-refractivity contribution < 1.29 is 9.53 Å². The van der Waals surface area contributed by atoms with Crippen molar-refractivity contribution in [3.05, 3.63) is 45.7 Å². The SMILES string of the molecule is CC(C)c1[nH]nc(C(=O)N(C)Cc2ccc(N3CCOCC3)cc2)c1Br. The maximum absolute atomic E-state index is 12.7. The van der Waals surface area contributed by atoms with Crippen LogP contribution in [0.25, 0.3) is 0 Å². The van der Waals surface area contributed by atoms with Crippen LogP contribution in [0.4, 0.5) is 5.69 Å². The van der Waals surface area contributed by atoms with Gasteiger partial charge in [-0.15, -0.1) is 0 Å². The molecule has 0 saturated carbocycles. The van der Waals surface area contributed by atoms with E-state index in [4.69, 9.17) is 4.74 Å². The number of hydrogen-bond donors (Lipinski definition) is 1. The molecule has 1 aromatic carbocycles. The van der Waals surface area contributed by atoms with E-state index in [1.807, 2.05) is 0 Å². The van der Waals surface area contributed by atoms with Gasteiger partial charge < -0.3 is 14.5 Å². The lowest BCUT2D eigenvalue weighted by atomic mass is 10.1. The van der Waals surface area contributed by atoms with Crippen LogP contribution in [0.1, 0.15) is 41.5 Å². The predicted octanol–water partition coefficient (Wildman–Crippen LogP) is 3.40. The first-order valence-electron chi connectivity index (χ1n) is 8.88. The Morgan fingerprint density at radius 2 is 1.96 bits per heavy atom. The molecule has 0 radical (unpaired) electrons. The molecule has 1 aliphatic rings. The van der Waals surface area contributed by atoms with E-state index in [0.29, 0.717) is 12.2 Å². The highest BCUT2D eigenvalue weighted by atomic mass is 79.9. The molecular formula is C19H25BrN4O2. The number of ether oxygens (including phenoxy) is 1. The number of rotatable bonds is 5. The van der Waals surface area contributed by atoms with Gasteiger partial charge in [-0.25, -0.2) is 0 Å². The zero-order valence-corrected chi connectivity index (χ0v) is 17.0. The van der Waals surface area contributed by atoms with E-state index in [1.54, 1.807) is 11.9 Å². The minimum absolute atomic E-state index is 0.0997. The van der Waals surface area contributed by atoms with Gasteiger partial charge in [0.1, 0.15) is 0 Å². The molecule has 0 bridgehead atoms. The summed E-state index contributed by atoms with van der Waals surface area (Å²) in [6.07, 6.45) is 0. The summed E-state index contributed by atoms with van der Waals surface area (Å²) in [4.78, 5) is 16.7. The normalized spacial score (nSPS) is 14.7. The van der Waals surface area contributed by atoms with Gasteiger partial charge in [0, 0.05) is 32.4 Å². The molecule has 1 fully saturated rings. The summed E-state index contributed by atoms with van der Waals surface area (Å²) < 4.78 is 6.15. The van der Waals surface area contributed by atoms with Crippen molar-refractivity contribution in [1.29, 1.82) is 0 Å². The summed E-state index contributed by atoms with van der Waals surface area (Å²) in [6.45, 7) is 8.05. The number of nitrogens with zero attached hydrogens (tertiary/aromatic N) is 3. The number of halogens is 1. The number of aromatic amines is 1. The van der Waals surface area contributed by atoms with Crippen LogP contribution in [-0.2, 0) is 11.3 Å². The summed E-state index contributed by atoms with van der Waals surface area (Å²) in [5.74, 6) is 0.175. The Bertz CT molecular complexity index is 751. The van der Waals surface area contributed by atoms with Gasteiger partial charge in [0.05, 0.1) is 23.4 Å². The van der Waals surface area contributed by atoms with E-state index < -0.39 is 0 Å². The zero-order chi connectivity index (χ0) is 18.7. The van der Waals surface area contributed by atoms with E-state index >= 15 is 0 Å². The molecule has 3 rings (SSSR count). The second-order valence-corrected chi connectivity index (χ2v) is 7.67. The molecule has 26 heavy (non-hydrogen) atoms. The highest BCUT2D eigenvalue weighted by Gasteiger charge is 2.22. The Morgan fingerprint density at radius 1 is 1.31 bits per heavy atom. The van der Waals surface area contributed by atoms with Gasteiger partial charge in [-0.1, -0.05) is 26.0 Å². The quantitative estimate of drug-likeness (QED) is 0.804. The minimum atomic E-state index is -0.0997. The number of hydrogen-bond acceptors (Lipinski definition) is 4. The Morgan fingerprint density at radius 3 is 2.54 bits per heavy atom. The number of carbonyl (C=O) groups excluding carboxylic acids is 1. The summed E-state index contributed by atoms with van der Waals surface area (Å²) in [7, 11) is 1.80. The van der Waals surface area contributed by atoms with Crippen LogP contribution in [0, 0.1) is 0 Å². The van der Waals surface area contributed by atoms with E-state index in [-0.39, 0.29) is 11.8 Å². The molecule has 2 heterocycles. The first-order valence-corrected chi connectivity index (χ1v) is 9.67. The lowest BCUT2D eigenvalue weighted by Crippen LogP contribution is -2.36. The highest BCUT2D eigenvalue weighted by Crippen LogP contribution is 2.26. The number of benzene rings is 1. The smallest absolute Gasteiger partial charge is 0.275 e. The third kappa shape index (κ3) is 4.10. The Hall–Kier alpha value is -1.86. The van der Waals surface area contributed by atoms with Gasteiger partial charge in [0.25, 0.3) is 5.91 Å². The molecule has 1 saturated heterocycles. The lowest BCUT2D eigenvalue weighted by Gasteiger charge is -2.29. The van der Waals surface area contributed by atoms with Gasteiger partial charge in [-0.3, -0.25) is 9.89 Å². The number of aromatic nitrogens is 2. The molecule has 0 unspecified atom stereocenters. The summed E-state index contributed by atoms with van der Waals surface area (Å²) in [5.41, 5.74) is 3.66. The van der Waals surface area contributed by atoms with Crippen LogP contribution >= 0.6 is 15.9 Å². The summed E-state index contributed by atoms with van der Waals surface area (Å²) in [5, 5.41) is 7.15. The largest absolute Gasteiger partial charge is 0.378 e. The van der Waals surface area contributed by atoms with Crippen LogP contribution in [0.15, 0.2) is 28.7 Å². The van der Waals surface area contributed by atoms with Gasteiger partial charge in [0.2, 0.25) is 0 Å². The van der Waals surface area contributed by atoms with Gasteiger partial charge in [0.15, 0.2) is 5.69 Å². The molecule has 6 nitrogen and oxygen atoms in total. The molecule has 1 aromatic heterocycles. The fourth-order valence-electron chi connectivity index (χ4n) is 3.03. The second kappa shape index (κ2) is 8.22. The minimum Gasteiger partial charge on any atom is -0.378 e. The van der Waals surface area contributed by atoms with Crippen LogP contribution in [0.5, 0.6) is 0 Å². The Balaban J connectivity index is 1.65. The van der Waals surface area contributed by atoms with Crippen LogP contribution in [-0.4, -0.2) is 54.4 Å². The standard InChI is InChI=1S/C19H25BrN4O2/c1-13(2)17-16(20)18(22-21-17)19(25)23(3)12-14-4-6-15(7-5-14)24-8-10-26-11-9-24/h4-7,13H,8-12H2,1-3H3,(H,21,22). The third-order valence-electron chi connectivity index (χ3n) is 4.59. The first-order chi connectivity index (χ1) is 12.5. The molecule has 1 amide bonds. The maximum Gasteiger partial charge on any atom is 0.275 e. The number of morpholine rings is 1. The molecule has 0 aliphatic carbocycles. The van der Waals surface area contributed by atoms with E-state index in [0.717, 1.165) is 42.0 Å². The van der Waals surface area contributed by atoms with Crippen LogP contribution < -0.4 is 4.90 Å². The van der Waals surface area contributed by atoms with E-state index in [1.165, 1.54) is 5.69 Å². The van der Waals surface area contributed by atoms with Crippen LogP contribution in [0.2, 0.25) is 0 Å². The molecule has 1 N–H and O–H groups in total. The number of amides is 1. The van der Waals surface area contributed by atoms with Crippen LogP contribution in [0.3, 0.4) is 0 Å². The topological polar surface area (TPSA) is 61.5 Å². The molecule has 140 valence electrons. The average Bonchev–Trinajstić information content (AvgIpc) is 3.04. The number of anilines is 1. The van der Waals surface area contributed by atoms with Crippen molar-refractivity contribution in [3.8, 4) is 0 Å². The van der Waals surface area contributed by atoms with Crippen molar-refractivity contribution >= 4 is 27.5 Å². The molecule has 7 heteroatoms. The summed E-state index contributed by atoms with van der Waals surface area (Å²) >= 11 is 3.50. The lowest BCUT2D eigenvalue weighted by molar-refractivity contribution is 0.0778.